The molecule has 70 valence electrons. The molecule has 0 bridgehead atoms. The summed E-state index contributed by atoms with van der Waals surface area (Å²) >= 11 is 0. The van der Waals surface area contributed by atoms with Gasteiger partial charge in [-0.15, -0.1) is 0 Å². The molecule has 2 unspecified atom stereocenters. The van der Waals surface area contributed by atoms with Gasteiger partial charge in [0, 0.05) is 11.7 Å². The molecule has 2 N–H and O–H groups in total. The zero-order chi connectivity index (χ0) is 9.42. The normalized spacial score (nSPS) is 22.2. The Bertz CT molecular complexity index is 320. The highest BCUT2D eigenvalue weighted by atomic mass is 16.3. The first-order valence-electron chi connectivity index (χ1n) is 4.74. The van der Waals surface area contributed by atoms with E-state index < -0.39 is 0 Å². The van der Waals surface area contributed by atoms with Gasteiger partial charge in [0.2, 0.25) is 0 Å². The number of hydrogen-bond acceptors (Lipinski definition) is 2. The number of aliphatic hydroxyl groups is 1. The summed E-state index contributed by atoms with van der Waals surface area (Å²) in [4.78, 5) is 0. The third-order valence-electron chi connectivity index (χ3n) is 2.54. The molecule has 2 heteroatoms. The van der Waals surface area contributed by atoms with E-state index in [-0.39, 0.29) is 6.10 Å². The lowest BCUT2D eigenvalue weighted by atomic mass is 10.1. The quantitative estimate of drug-likeness (QED) is 0.688. The van der Waals surface area contributed by atoms with Gasteiger partial charge in [0.25, 0.3) is 0 Å². The standard InChI is InChI=1S/C11H15NO/c1-7-5-10-4-3-9(8(2)13)6-11(10)12-7/h3-4,6-8,12-13H,5H2,1-2H3. The van der Waals surface area contributed by atoms with Crippen molar-refractivity contribution in [2.24, 2.45) is 0 Å². The summed E-state index contributed by atoms with van der Waals surface area (Å²) in [6, 6.07) is 6.68. The minimum Gasteiger partial charge on any atom is -0.389 e. The fourth-order valence-corrected chi connectivity index (χ4v) is 1.81. The second kappa shape index (κ2) is 3.04. The highest BCUT2D eigenvalue weighted by Crippen LogP contribution is 2.28. The predicted molar refractivity (Wildman–Crippen MR) is 53.9 cm³/mol. The molecule has 0 aromatic heterocycles. The third kappa shape index (κ3) is 1.54. The molecule has 0 saturated heterocycles. The molecule has 13 heavy (non-hydrogen) atoms. The fraction of sp³-hybridized carbons (Fsp3) is 0.455. The van der Waals surface area contributed by atoms with E-state index in [9.17, 15) is 5.11 Å². The van der Waals surface area contributed by atoms with Crippen LogP contribution in [-0.2, 0) is 6.42 Å². The Labute approximate surface area is 78.6 Å². The van der Waals surface area contributed by atoms with Crippen LogP contribution in [-0.4, -0.2) is 11.1 Å². The molecule has 2 nitrogen and oxygen atoms in total. The summed E-state index contributed by atoms with van der Waals surface area (Å²) in [5, 5.41) is 12.8. The van der Waals surface area contributed by atoms with Crippen LogP contribution in [0, 0.1) is 0 Å². The minimum absolute atomic E-state index is 0.372. The van der Waals surface area contributed by atoms with Crippen molar-refractivity contribution in [2.45, 2.75) is 32.4 Å². The highest BCUT2D eigenvalue weighted by molar-refractivity contribution is 5.58. The van der Waals surface area contributed by atoms with Gasteiger partial charge in [0.15, 0.2) is 0 Å². The van der Waals surface area contributed by atoms with Gasteiger partial charge in [-0.3, -0.25) is 0 Å². The van der Waals surface area contributed by atoms with Gasteiger partial charge in [-0.25, -0.2) is 0 Å². The van der Waals surface area contributed by atoms with Crippen molar-refractivity contribution in [3.05, 3.63) is 29.3 Å². The van der Waals surface area contributed by atoms with Gasteiger partial charge in [-0.05, 0) is 37.5 Å². The second-order valence-corrected chi connectivity index (χ2v) is 3.84. The summed E-state index contributed by atoms with van der Waals surface area (Å²) in [7, 11) is 0. The summed E-state index contributed by atoms with van der Waals surface area (Å²) in [5.41, 5.74) is 3.53. The summed E-state index contributed by atoms with van der Waals surface area (Å²) in [6.45, 7) is 3.96. The zero-order valence-electron chi connectivity index (χ0n) is 8.04. The summed E-state index contributed by atoms with van der Waals surface area (Å²) in [5.74, 6) is 0. The van der Waals surface area contributed by atoms with Crippen molar-refractivity contribution < 1.29 is 5.11 Å². The number of anilines is 1. The van der Waals surface area contributed by atoms with E-state index in [2.05, 4.69) is 18.3 Å². The Morgan fingerprint density at radius 1 is 1.54 bits per heavy atom. The van der Waals surface area contributed by atoms with Crippen molar-refractivity contribution in [3.63, 3.8) is 0 Å². The maximum absolute atomic E-state index is 9.39. The summed E-state index contributed by atoms with van der Waals surface area (Å²) in [6.07, 6.45) is 0.720. The van der Waals surface area contributed by atoms with Crippen LogP contribution in [0.4, 0.5) is 5.69 Å². The zero-order valence-corrected chi connectivity index (χ0v) is 8.04. The van der Waals surface area contributed by atoms with Crippen molar-refractivity contribution in [1.82, 2.24) is 0 Å². The van der Waals surface area contributed by atoms with Crippen molar-refractivity contribution >= 4 is 5.69 Å². The van der Waals surface area contributed by atoms with E-state index in [0.717, 1.165) is 12.0 Å². The number of nitrogens with one attached hydrogen (secondary N) is 1. The molecular weight excluding hydrogens is 162 g/mol. The first-order chi connectivity index (χ1) is 6.16. The van der Waals surface area contributed by atoms with E-state index in [4.69, 9.17) is 0 Å². The van der Waals surface area contributed by atoms with Gasteiger partial charge in [-0.2, -0.15) is 0 Å². The monoisotopic (exact) mass is 177 g/mol. The van der Waals surface area contributed by atoms with Crippen LogP contribution in [0.25, 0.3) is 0 Å². The Balaban J connectivity index is 2.35. The minimum atomic E-state index is -0.372. The smallest absolute Gasteiger partial charge is 0.0762 e. The topological polar surface area (TPSA) is 32.3 Å². The maximum atomic E-state index is 9.39. The van der Waals surface area contributed by atoms with Crippen molar-refractivity contribution in [2.75, 3.05) is 5.32 Å². The van der Waals surface area contributed by atoms with Gasteiger partial charge in [-0.1, -0.05) is 12.1 Å². The first-order valence-corrected chi connectivity index (χ1v) is 4.74. The lowest BCUT2D eigenvalue weighted by molar-refractivity contribution is 0.199. The Kier molecular flexibility index (Phi) is 2.00. The molecular formula is C11H15NO. The maximum Gasteiger partial charge on any atom is 0.0762 e. The second-order valence-electron chi connectivity index (χ2n) is 3.84. The van der Waals surface area contributed by atoms with Crippen LogP contribution in [0.15, 0.2) is 18.2 Å². The van der Waals surface area contributed by atoms with Gasteiger partial charge in [0.1, 0.15) is 0 Å². The molecule has 1 heterocycles. The van der Waals surface area contributed by atoms with Gasteiger partial charge < -0.3 is 10.4 Å². The van der Waals surface area contributed by atoms with E-state index in [1.165, 1.54) is 11.3 Å². The van der Waals surface area contributed by atoms with E-state index in [1.807, 2.05) is 12.1 Å². The van der Waals surface area contributed by atoms with Crippen LogP contribution < -0.4 is 5.32 Å². The van der Waals surface area contributed by atoms with E-state index in [0.29, 0.717) is 6.04 Å². The molecule has 0 spiro atoms. The number of fused-ring (bicyclic) bond motifs is 1. The molecule has 0 saturated carbocycles. The van der Waals surface area contributed by atoms with Crippen LogP contribution in [0.5, 0.6) is 0 Å². The number of rotatable bonds is 1. The lowest BCUT2D eigenvalue weighted by Crippen LogP contribution is -2.08. The van der Waals surface area contributed by atoms with E-state index in [1.54, 1.807) is 6.92 Å². The van der Waals surface area contributed by atoms with Crippen LogP contribution in [0.3, 0.4) is 0 Å². The average Bonchev–Trinajstić information content (AvgIpc) is 2.42. The van der Waals surface area contributed by atoms with Crippen molar-refractivity contribution in [1.29, 1.82) is 0 Å². The van der Waals surface area contributed by atoms with E-state index >= 15 is 0 Å². The lowest BCUT2D eigenvalue weighted by Gasteiger charge is -2.07. The Hall–Kier alpha value is -1.02. The molecule has 2 rings (SSSR count). The molecule has 2 atom stereocenters. The SMILES string of the molecule is CC1Cc2ccc(C(C)O)cc2N1. The molecule has 0 aliphatic carbocycles. The molecule has 1 aromatic carbocycles. The van der Waals surface area contributed by atoms with Gasteiger partial charge in [0.05, 0.1) is 6.10 Å². The molecule has 0 amide bonds. The molecule has 1 aromatic rings. The molecule has 0 radical (unpaired) electrons. The first kappa shape index (κ1) is 8.57. The number of hydrogen-bond donors (Lipinski definition) is 2. The van der Waals surface area contributed by atoms with Crippen LogP contribution in [0.1, 0.15) is 31.1 Å². The molecule has 1 aliphatic heterocycles. The van der Waals surface area contributed by atoms with Crippen molar-refractivity contribution in [3.8, 4) is 0 Å². The average molecular weight is 177 g/mol. The largest absolute Gasteiger partial charge is 0.389 e. The third-order valence-corrected chi connectivity index (χ3v) is 2.54. The van der Waals surface area contributed by atoms with Gasteiger partial charge >= 0.3 is 0 Å². The van der Waals surface area contributed by atoms with Crippen LogP contribution >= 0.6 is 0 Å². The molecule has 0 fully saturated rings. The fourth-order valence-electron chi connectivity index (χ4n) is 1.81. The predicted octanol–water partition coefficient (Wildman–Crippen LogP) is 2.10. The molecule has 1 aliphatic rings. The summed E-state index contributed by atoms with van der Waals surface area (Å²) < 4.78 is 0. The Morgan fingerprint density at radius 3 is 3.00 bits per heavy atom. The Morgan fingerprint density at radius 2 is 2.31 bits per heavy atom. The highest BCUT2D eigenvalue weighted by Gasteiger charge is 2.16. The van der Waals surface area contributed by atoms with Crippen LogP contribution in [0.2, 0.25) is 0 Å². The number of aliphatic hydroxyl groups excluding tert-OH is 1. The number of benzene rings is 1.